The molecular formula is C17H21BrO2. The zero-order valence-electron chi connectivity index (χ0n) is 11.7. The van der Waals surface area contributed by atoms with Gasteiger partial charge in [0.1, 0.15) is 6.10 Å². The van der Waals surface area contributed by atoms with Crippen LogP contribution >= 0.6 is 15.9 Å². The molecule has 0 amide bonds. The minimum Gasteiger partial charge on any atom is -0.462 e. The van der Waals surface area contributed by atoms with Crippen molar-refractivity contribution >= 4 is 21.9 Å². The van der Waals surface area contributed by atoms with Crippen LogP contribution in [0.2, 0.25) is 0 Å². The third-order valence-electron chi connectivity index (χ3n) is 3.87. The lowest BCUT2D eigenvalue weighted by Crippen LogP contribution is -2.23. The van der Waals surface area contributed by atoms with Crippen LogP contribution in [0, 0.1) is 0 Å². The highest BCUT2D eigenvalue weighted by Crippen LogP contribution is 2.34. The number of carbonyl (C=O) groups is 1. The van der Waals surface area contributed by atoms with Crippen molar-refractivity contribution in [1.29, 1.82) is 0 Å². The van der Waals surface area contributed by atoms with Gasteiger partial charge < -0.3 is 4.74 Å². The summed E-state index contributed by atoms with van der Waals surface area (Å²) in [6.45, 7) is 3.62. The molecule has 0 aromatic heterocycles. The van der Waals surface area contributed by atoms with Gasteiger partial charge in [-0.25, -0.2) is 0 Å². The average Bonchev–Trinajstić information content (AvgIpc) is 2.47. The number of hydrogen-bond acceptors (Lipinski definition) is 2. The van der Waals surface area contributed by atoms with Gasteiger partial charge in [-0.15, -0.1) is 6.58 Å². The van der Waals surface area contributed by atoms with Crippen molar-refractivity contribution in [3.8, 4) is 0 Å². The van der Waals surface area contributed by atoms with Gasteiger partial charge >= 0.3 is 5.97 Å². The molecule has 20 heavy (non-hydrogen) atoms. The molecule has 108 valence electrons. The van der Waals surface area contributed by atoms with Gasteiger partial charge in [-0.2, -0.15) is 0 Å². The maximum atomic E-state index is 11.6. The Morgan fingerprint density at radius 3 is 2.50 bits per heavy atom. The van der Waals surface area contributed by atoms with E-state index >= 15 is 0 Å². The lowest BCUT2D eigenvalue weighted by atomic mass is 9.83. The number of allylic oxidation sites excluding steroid dienone is 1. The fourth-order valence-corrected chi connectivity index (χ4v) is 2.98. The fourth-order valence-electron chi connectivity index (χ4n) is 2.71. The van der Waals surface area contributed by atoms with Gasteiger partial charge in [-0.3, -0.25) is 4.79 Å². The molecule has 0 aliphatic heterocycles. The van der Waals surface area contributed by atoms with Crippen LogP contribution in [0.1, 0.15) is 50.0 Å². The molecule has 0 atom stereocenters. The van der Waals surface area contributed by atoms with Gasteiger partial charge in [-0.1, -0.05) is 34.1 Å². The average molecular weight is 337 g/mol. The standard InChI is InChI=1S/C17H21BrO2/c1-2-3-4-17(19)20-16-11-7-14(8-12-16)13-5-9-15(18)10-6-13/h2,5-6,9-10,14,16H,1,3-4,7-8,11-12H2. The van der Waals surface area contributed by atoms with E-state index < -0.39 is 0 Å². The molecule has 1 aliphatic carbocycles. The van der Waals surface area contributed by atoms with Crippen molar-refractivity contribution in [2.45, 2.75) is 50.5 Å². The third-order valence-corrected chi connectivity index (χ3v) is 4.39. The van der Waals surface area contributed by atoms with E-state index in [-0.39, 0.29) is 12.1 Å². The van der Waals surface area contributed by atoms with Crippen LogP contribution in [0.25, 0.3) is 0 Å². The smallest absolute Gasteiger partial charge is 0.306 e. The molecule has 0 unspecified atom stereocenters. The van der Waals surface area contributed by atoms with Crippen LogP contribution in [0.3, 0.4) is 0 Å². The summed E-state index contributed by atoms with van der Waals surface area (Å²) < 4.78 is 6.62. The predicted molar refractivity (Wildman–Crippen MR) is 84.7 cm³/mol. The van der Waals surface area contributed by atoms with E-state index in [0.29, 0.717) is 18.8 Å². The van der Waals surface area contributed by atoms with Gasteiger partial charge in [0.05, 0.1) is 0 Å². The first-order chi connectivity index (χ1) is 9.69. The second-order valence-electron chi connectivity index (χ2n) is 5.34. The number of esters is 1. The maximum absolute atomic E-state index is 11.6. The fraction of sp³-hybridized carbons (Fsp3) is 0.471. The number of carbonyl (C=O) groups excluding carboxylic acids is 1. The Morgan fingerprint density at radius 2 is 1.90 bits per heavy atom. The summed E-state index contributed by atoms with van der Waals surface area (Å²) in [6, 6.07) is 8.56. The SMILES string of the molecule is C=CCCC(=O)OC1CCC(c2ccc(Br)cc2)CC1. The predicted octanol–water partition coefficient (Wildman–Crippen LogP) is 4.98. The first-order valence-electron chi connectivity index (χ1n) is 7.25. The Hall–Kier alpha value is -1.09. The molecule has 0 saturated heterocycles. The van der Waals surface area contributed by atoms with Crippen LogP contribution in [0.5, 0.6) is 0 Å². The minimum atomic E-state index is -0.0861. The number of ether oxygens (including phenoxy) is 1. The van der Waals surface area contributed by atoms with Crippen molar-refractivity contribution in [2.24, 2.45) is 0 Å². The lowest BCUT2D eigenvalue weighted by molar-refractivity contribution is -0.150. The first-order valence-corrected chi connectivity index (χ1v) is 8.04. The van der Waals surface area contributed by atoms with E-state index in [9.17, 15) is 4.79 Å². The molecule has 0 N–H and O–H groups in total. The van der Waals surface area contributed by atoms with Crippen molar-refractivity contribution in [3.63, 3.8) is 0 Å². The first kappa shape index (κ1) is 15.3. The van der Waals surface area contributed by atoms with E-state index in [1.165, 1.54) is 5.56 Å². The van der Waals surface area contributed by atoms with E-state index in [2.05, 4.69) is 46.8 Å². The molecule has 3 heteroatoms. The van der Waals surface area contributed by atoms with E-state index in [4.69, 9.17) is 4.74 Å². The number of benzene rings is 1. The lowest BCUT2D eigenvalue weighted by Gasteiger charge is -2.28. The molecule has 1 aromatic rings. The Labute approximate surface area is 129 Å². The Bertz CT molecular complexity index is 445. The highest BCUT2D eigenvalue weighted by molar-refractivity contribution is 9.10. The molecule has 0 heterocycles. The van der Waals surface area contributed by atoms with Crippen LogP contribution in [0.4, 0.5) is 0 Å². The second kappa shape index (κ2) is 7.63. The number of hydrogen-bond donors (Lipinski definition) is 0. The molecular weight excluding hydrogens is 316 g/mol. The quantitative estimate of drug-likeness (QED) is 0.559. The summed E-state index contributed by atoms with van der Waals surface area (Å²) in [4.78, 5) is 11.6. The van der Waals surface area contributed by atoms with E-state index in [1.54, 1.807) is 6.08 Å². The molecule has 2 rings (SSSR count). The third kappa shape index (κ3) is 4.48. The van der Waals surface area contributed by atoms with Gasteiger partial charge in [0.2, 0.25) is 0 Å². The molecule has 0 bridgehead atoms. The zero-order valence-corrected chi connectivity index (χ0v) is 13.3. The highest BCUT2D eigenvalue weighted by Gasteiger charge is 2.24. The van der Waals surface area contributed by atoms with Crippen molar-refractivity contribution < 1.29 is 9.53 Å². The van der Waals surface area contributed by atoms with Gasteiger partial charge in [0, 0.05) is 10.9 Å². The highest BCUT2D eigenvalue weighted by atomic mass is 79.9. The van der Waals surface area contributed by atoms with Crippen molar-refractivity contribution in [3.05, 3.63) is 47.0 Å². The minimum absolute atomic E-state index is 0.0861. The van der Waals surface area contributed by atoms with Gasteiger partial charge in [-0.05, 0) is 55.7 Å². The molecule has 1 aromatic carbocycles. The molecule has 1 fully saturated rings. The van der Waals surface area contributed by atoms with Crippen LogP contribution in [-0.4, -0.2) is 12.1 Å². The van der Waals surface area contributed by atoms with E-state index in [1.807, 2.05) is 0 Å². The van der Waals surface area contributed by atoms with Gasteiger partial charge in [0.25, 0.3) is 0 Å². The summed E-state index contributed by atoms with van der Waals surface area (Å²) in [5.41, 5.74) is 1.39. The van der Waals surface area contributed by atoms with Crippen LogP contribution < -0.4 is 0 Å². The van der Waals surface area contributed by atoms with Crippen LogP contribution in [0.15, 0.2) is 41.4 Å². The number of rotatable bonds is 5. The summed E-state index contributed by atoms with van der Waals surface area (Å²) in [5.74, 6) is 0.517. The monoisotopic (exact) mass is 336 g/mol. The molecule has 0 radical (unpaired) electrons. The van der Waals surface area contributed by atoms with Gasteiger partial charge in [0.15, 0.2) is 0 Å². The van der Waals surface area contributed by atoms with Crippen molar-refractivity contribution in [2.75, 3.05) is 0 Å². The molecule has 1 saturated carbocycles. The molecule has 2 nitrogen and oxygen atoms in total. The molecule has 1 aliphatic rings. The largest absolute Gasteiger partial charge is 0.462 e. The topological polar surface area (TPSA) is 26.3 Å². The summed E-state index contributed by atoms with van der Waals surface area (Å²) >= 11 is 3.46. The van der Waals surface area contributed by atoms with Crippen molar-refractivity contribution in [1.82, 2.24) is 0 Å². The number of halogens is 1. The van der Waals surface area contributed by atoms with Crippen LogP contribution in [-0.2, 0) is 9.53 Å². The Morgan fingerprint density at radius 1 is 1.25 bits per heavy atom. The molecule has 0 spiro atoms. The Balaban J connectivity index is 1.78. The van der Waals surface area contributed by atoms with E-state index in [0.717, 1.165) is 30.2 Å². The summed E-state index contributed by atoms with van der Waals surface area (Å²) in [5, 5.41) is 0. The summed E-state index contributed by atoms with van der Waals surface area (Å²) in [6.07, 6.45) is 7.16. The summed E-state index contributed by atoms with van der Waals surface area (Å²) in [7, 11) is 0. The Kier molecular flexibility index (Phi) is 5.84. The second-order valence-corrected chi connectivity index (χ2v) is 6.26. The normalized spacial score (nSPS) is 22.2. The zero-order chi connectivity index (χ0) is 14.4. The maximum Gasteiger partial charge on any atom is 0.306 e.